The number of hydrogen-bond acceptors (Lipinski definition) is 3. The zero-order valence-electron chi connectivity index (χ0n) is 13.1. The maximum absolute atomic E-state index is 5.60. The highest BCUT2D eigenvalue weighted by Crippen LogP contribution is 2.32. The number of hydrogen-bond donors (Lipinski definition) is 1. The second kappa shape index (κ2) is 7.51. The van der Waals surface area contributed by atoms with E-state index in [0.29, 0.717) is 12.6 Å². The quantitative estimate of drug-likeness (QED) is 0.830. The SMILES string of the molecule is CCOc1ncccc1NC1CCCC(CC(C)C)C1. The second-order valence-corrected chi connectivity index (χ2v) is 6.29. The van der Waals surface area contributed by atoms with Crippen molar-refractivity contribution in [2.24, 2.45) is 11.8 Å². The van der Waals surface area contributed by atoms with Crippen molar-refractivity contribution in [2.45, 2.75) is 58.9 Å². The molecule has 1 saturated carbocycles. The number of pyridine rings is 1. The molecule has 0 aliphatic heterocycles. The molecular weight excluding hydrogens is 248 g/mol. The molecule has 0 spiro atoms. The first-order valence-corrected chi connectivity index (χ1v) is 8.03. The lowest BCUT2D eigenvalue weighted by molar-refractivity contribution is 0.287. The minimum atomic E-state index is 0.566. The highest BCUT2D eigenvalue weighted by Gasteiger charge is 2.23. The first-order chi connectivity index (χ1) is 9.69. The van der Waals surface area contributed by atoms with Crippen LogP contribution in [-0.4, -0.2) is 17.6 Å². The second-order valence-electron chi connectivity index (χ2n) is 6.29. The molecule has 3 nitrogen and oxygen atoms in total. The minimum Gasteiger partial charge on any atom is -0.476 e. The van der Waals surface area contributed by atoms with Gasteiger partial charge in [-0.25, -0.2) is 4.98 Å². The Morgan fingerprint density at radius 2 is 2.25 bits per heavy atom. The van der Waals surface area contributed by atoms with Gasteiger partial charge in [-0.15, -0.1) is 0 Å². The van der Waals surface area contributed by atoms with E-state index in [9.17, 15) is 0 Å². The molecule has 2 rings (SSSR count). The molecule has 1 N–H and O–H groups in total. The molecule has 0 aromatic carbocycles. The van der Waals surface area contributed by atoms with Crippen LogP contribution in [0.1, 0.15) is 52.9 Å². The molecule has 3 heteroatoms. The molecule has 1 aliphatic rings. The molecule has 1 heterocycles. The molecule has 0 bridgehead atoms. The molecule has 1 aliphatic carbocycles. The van der Waals surface area contributed by atoms with E-state index in [1.54, 1.807) is 6.20 Å². The van der Waals surface area contributed by atoms with Crippen LogP contribution in [0.5, 0.6) is 5.88 Å². The molecular formula is C17H28N2O. The summed E-state index contributed by atoms with van der Waals surface area (Å²) in [6.07, 6.45) is 8.40. The molecule has 1 aromatic rings. The molecule has 0 saturated heterocycles. The zero-order valence-corrected chi connectivity index (χ0v) is 13.1. The van der Waals surface area contributed by atoms with Gasteiger partial charge in [0.15, 0.2) is 0 Å². The van der Waals surface area contributed by atoms with E-state index in [2.05, 4.69) is 30.2 Å². The van der Waals surface area contributed by atoms with Crippen LogP contribution in [0.25, 0.3) is 0 Å². The van der Waals surface area contributed by atoms with Gasteiger partial charge in [-0.2, -0.15) is 0 Å². The zero-order chi connectivity index (χ0) is 14.4. The van der Waals surface area contributed by atoms with E-state index < -0.39 is 0 Å². The summed E-state index contributed by atoms with van der Waals surface area (Å²) >= 11 is 0. The van der Waals surface area contributed by atoms with E-state index in [1.807, 2.05) is 13.0 Å². The summed E-state index contributed by atoms with van der Waals surface area (Å²) in [5.41, 5.74) is 1.05. The molecule has 20 heavy (non-hydrogen) atoms. The summed E-state index contributed by atoms with van der Waals surface area (Å²) in [4.78, 5) is 4.32. The normalized spacial score (nSPS) is 22.8. The number of anilines is 1. The van der Waals surface area contributed by atoms with Crippen molar-refractivity contribution in [2.75, 3.05) is 11.9 Å². The minimum absolute atomic E-state index is 0.566. The lowest BCUT2D eigenvalue weighted by atomic mass is 9.81. The molecule has 1 aromatic heterocycles. The van der Waals surface area contributed by atoms with E-state index in [4.69, 9.17) is 4.74 Å². The van der Waals surface area contributed by atoms with E-state index >= 15 is 0 Å². The van der Waals surface area contributed by atoms with Crippen LogP contribution in [-0.2, 0) is 0 Å². The fourth-order valence-corrected chi connectivity index (χ4v) is 3.28. The summed E-state index contributed by atoms with van der Waals surface area (Å²) in [5, 5.41) is 3.65. The lowest BCUT2D eigenvalue weighted by Gasteiger charge is -2.31. The summed E-state index contributed by atoms with van der Waals surface area (Å²) in [5.74, 6) is 2.41. The average molecular weight is 276 g/mol. The molecule has 2 unspecified atom stereocenters. The van der Waals surface area contributed by atoms with Crippen molar-refractivity contribution in [3.05, 3.63) is 18.3 Å². The van der Waals surface area contributed by atoms with Gasteiger partial charge in [0, 0.05) is 12.2 Å². The van der Waals surface area contributed by atoms with Crippen LogP contribution in [0.2, 0.25) is 0 Å². The Labute approximate surface area is 123 Å². The van der Waals surface area contributed by atoms with E-state index in [1.165, 1.54) is 32.1 Å². The highest BCUT2D eigenvalue weighted by atomic mass is 16.5. The predicted molar refractivity (Wildman–Crippen MR) is 84.2 cm³/mol. The van der Waals surface area contributed by atoms with Crippen LogP contribution in [0, 0.1) is 11.8 Å². The van der Waals surface area contributed by atoms with Gasteiger partial charge >= 0.3 is 0 Å². The summed E-state index contributed by atoms with van der Waals surface area (Å²) < 4.78 is 5.60. The predicted octanol–water partition coefficient (Wildman–Crippen LogP) is 4.50. The first-order valence-electron chi connectivity index (χ1n) is 8.03. The maximum Gasteiger partial charge on any atom is 0.237 e. The average Bonchev–Trinajstić information content (AvgIpc) is 2.41. The maximum atomic E-state index is 5.60. The van der Waals surface area contributed by atoms with Crippen molar-refractivity contribution in [1.82, 2.24) is 4.98 Å². The summed E-state index contributed by atoms with van der Waals surface area (Å²) in [7, 11) is 0. The Balaban J connectivity index is 1.95. The highest BCUT2D eigenvalue weighted by molar-refractivity contribution is 5.52. The third-order valence-corrected chi connectivity index (χ3v) is 4.00. The topological polar surface area (TPSA) is 34.1 Å². The summed E-state index contributed by atoms with van der Waals surface area (Å²) in [6.45, 7) is 7.31. The monoisotopic (exact) mass is 276 g/mol. The van der Waals surface area contributed by atoms with Crippen molar-refractivity contribution in [1.29, 1.82) is 0 Å². The summed E-state index contributed by atoms with van der Waals surface area (Å²) in [6, 6.07) is 4.61. The lowest BCUT2D eigenvalue weighted by Crippen LogP contribution is -2.28. The Bertz CT molecular complexity index is 406. The van der Waals surface area contributed by atoms with Gasteiger partial charge < -0.3 is 10.1 Å². The smallest absolute Gasteiger partial charge is 0.237 e. The van der Waals surface area contributed by atoms with Gasteiger partial charge in [-0.05, 0) is 50.2 Å². The number of rotatable bonds is 6. The fourth-order valence-electron chi connectivity index (χ4n) is 3.28. The Kier molecular flexibility index (Phi) is 5.69. The number of aromatic nitrogens is 1. The van der Waals surface area contributed by atoms with Gasteiger partial charge in [0.2, 0.25) is 5.88 Å². The molecule has 0 amide bonds. The van der Waals surface area contributed by atoms with Crippen molar-refractivity contribution in [3.63, 3.8) is 0 Å². The molecule has 112 valence electrons. The largest absolute Gasteiger partial charge is 0.476 e. The Morgan fingerprint density at radius 1 is 1.40 bits per heavy atom. The van der Waals surface area contributed by atoms with Gasteiger partial charge in [-0.3, -0.25) is 0 Å². The van der Waals surface area contributed by atoms with Crippen LogP contribution >= 0.6 is 0 Å². The molecule has 2 atom stereocenters. The van der Waals surface area contributed by atoms with Gasteiger partial charge in [-0.1, -0.05) is 26.7 Å². The van der Waals surface area contributed by atoms with Crippen LogP contribution in [0.15, 0.2) is 18.3 Å². The van der Waals surface area contributed by atoms with Gasteiger partial charge in [0.1, 0.15) is 0 Å². The van der Waals surface area contributed by atoms with Crippen LogP contribution < -0.4 is 10.1 Å². The van der Waals surface area contributed by atoms with Crippen LogP contribution in [0.4, 0.5) is 5.69 Å². The Morgan fingerprint density at radius 3 is 3.00 bits per heavy atom. The van der Waals surface area contributed by atoms with Gasteiger partial charge in [0.05, 0.1) is 12.3 Å². The number of ether oxygens (including phenoxy) is 1. The number of nitrogens with one attached hydrogen (secondary N) is 1. The molecule has 1 fully saturated rings. The van der Waals surface area contributed by atoms with Crippen molar-refractivity contribution < 1.29 is 4.74 Å². The molecule has 0 radical (unpaired) electrons. The van der Waals surface area contributed by atoms with Crippen molar-refractivity contribution in [3.8, 4) is 5.88 Å². The number of nitrogens with zero attached hydrogens (tertiary/aromatic N) is 1. The van der Waals surface area contributed by atoms with E-state index in [0.717, 1.165) is 23.4 Å². The Hall–Kier alpha value is -1.25. The van der Waals surface area contributed by atoms with E-state index in [-0.39, 0.29) is 0 Å². The van der Waals surface area contributed by atoms with Crippen LogP contribution in [0.3, 0.4) is 0 Å². The fraction of sp³-hybridized carbons (Fsp3) is 0.706. The first kappa shape index (κ1) is 15.1. The van der Waals surface area contributed by atoms with Crippen molar-refractivity contribution >= 4 is 5.69 Å². The third-order valence-electron chi connectivity index (χ3n) is 4.00. The van der Waals surface area contributed by atoms with Gasteiger partial charge in [0.25, 0.3) is 0 Å². The standard InChI is InChI=1S/C17H28N2O/c1-4-20-17-16(9-6-10-18-17)19-15-8-5-7-14(12-15)11-13(2)3/h6,9-10,13-15,19H,4-5,7-8,11-12H2,1-3H3. The third kappa shape index (κ3) is 4.39.